The van der Waals surface area contributed by atoms with Crippen molar-refractivity contribution in [3.8, 4) is 0 Å². The van der Waals surface area contributed by atoms with Crippen molar-refractivity contribution < 1.29 is 14.0 Å². The van der Waals surface area contributed by atoms with Gasteiger partial charge < -0.3 is 14.0 Å². The van der Waals surface area contributed by atoms with Gasteiger partial charge in [0.1, 0.15) is 19.6 Å². The molecule has 1 heterocycles. The monoisotopic (exact) mass is 202 g/mol. The zero-order valence-electron chi connectivity index (χ0n) is 9.63. The zero-order chi connectivity index (χ0) is 10.3. The van der Waals surface area contributed by atoms with Crippen LogP contribution >= 0.6 is 0 Å². The van der Waals surface area contributed by atoms with Crippen molar-refractivity contribution in [1.82, 2.24) is 0 Å². The summed E-state index contributed by atoms with van der Waals surface area (Å²) in [5, 5.41) is 0. The van der Waals surface area contributed by atoms with Crippen molar-refractivity contribution in [2.24, 2.45) is 0 Å². The zero-order valence-corrected chi connectivity index (χ0v) is 9.63. The predicted octanol–water partition coefficient (Wildman–Crippen LogP) is 1.28. The Bertz CT molecular complexity index is 134. The summed E-state index contributed by atoms with van der Waals surface area (Å²) in [7, 11) is 1.79. The highest BCUT2D eigenvalue weighted by molar-refractivity contribution is 4.51. The molecule has 0 unspecified atom stereocenters. The second-order valence-electron chi connectivity index (χ2n) is 4.19. The summed E-state index contributed by atoms with van der Waals surface area (Å²) < 4.78 is 11.8. The largest absolute Gasteiger partial charge is 0.379 e. The minimum Gasteiger partial charge on any atom is -0.379 e. The molecule has 1 aliphatic heterocycles. The van der Waals surface area contributed by atoms with Crippen molar-refractivity contribution in [2.75, 3.05) is 53.1 Å². The lowest BCUT2D eigenvalue weighted by Crippen LogP contribution is -2.56. The molecule has 0 aliphatic carbocycles. The maximum atomic E-state index is 5.43. The molecule has 0 N–H and O–H groups in total. The summed E-state index contributed by atoms with van der Waals surface area (Å²) in [5.74, 6) is 0. The van der Waals surface area contributed by atoms with Crippen molar-refractivity contribution in [3.05, 3.63) is 0 Å². The summed E-state index contributed by atoms with van der Waals surface area (Å²) in [5.41, 5.74) is 0. The number of rotatable bonds is 6. The van der Waals surface area contributed by atoms with E-state index < -0.39 is 0 Å². The van der Waals surface area contributed by atoms with Gasteiger partial charge in [-0.2, -0.15) is 0 Å². The molecule has 0 amide bonds. The van der Waals surface area contributed by atoms with Crippen molar-refractivity contribution in [3.63, 3.8) is 0 Å². The van der Waals surface area contributed by atoms with Crippen molar-refractivity contribution in [1.29, 1.82) is 0 Å². The molecule has 0 radical (unpaired) electrons. The van der Waals surface area contributed by atoms with E-state index in [1.165, 1.54) is 37.0 Å². The van der Waals surface area contributed by atoms with Crippen LogP contribution in [0.25, 0.3) is 0 Å². The van der Waals surface area contributed by atoms with Gasteiger partial charge in [-0.25, -0.2) is 0 Å². The van der Waals surface area contributed by atoms with E-state index in [0.717, 1.165) is 26.4 Å². The van der Waals surface area contributed by atoms with Crippen LogP contribution in [0.3, 0.4) is 0 Å². The Morgan fingerprint density at radius 3 is 2.50 bits per heavy atom. The highest BCUT2D eigenvalue weighted by atomic mass is 16.5. The Hall–Kier alpha value is -0.120. The summed E-state index contributed by atoms with van der Waals surface area (Å²) >= 11 is 0. The number of morpholine rings is 1. The quantitative estimate of drug-likeness (QED) is 0.604. The number of hydrogen-bond donors (Lipinski definition) is 0. The fourth-order valence-corrected chi connectivity index (χ4v) is 2.07. The Labute approximate surface area is 87.6 Å². The lowest BCUT2D eigenvalue weighted by Gasteiger charge is -2.41. The van der Waals surface area contributed by atoms with E-state index in [4.69, 9.17) is 9.47 Å². The van der Waals surface area contributed by atoms with Gasteiger partial charge in [-0.1, -0.05) is 13.3 Å². The van der Waals surface area contributed by atoms with Crippen LogP contribution in [0.5, 0.6) is 0 Å². The highest BCUT2D eigenvalue weighted by Gasteiger charge is 2.29. The average molecular weight is 202 g/mol. The van der Waals surface area contributed by atoms with E-state index in [2.05, 4.69) is 6.92 Å². The highest BCUT2D eigenvalue weighted by Crippen LogP contribution is 2.13. The lowest BCUT2D eigenvalue weighted by molar-refractivity contribution is -0.935. The number of nitrogens with zero attached hydrogens (tertiary/aromatic N) is 1. The van der Waals surface area contributed by atoms with Gasteiger partial charge in [-0.05, 0) is 6.42 Å². The molecule has 3 heteroatoms. The molecule has 0 spiro atoms. The van der Waals surface area contributed by atoms with Crippen LogP contribution in [0.15, 0.2) is 0 Å². The summed E-state index contributed by atoms with van der Waals surface area (Å²) in [6.45, 7) is 9.77. The van der Waals surface area contributed by atoms with Crippen molar-refractivity contribution in [2.45, 2.75) is 19.8 Å². The molecule has 0 bridgehead atoms. The smallest absolute Gasteiger partial charge is 0.103 e. The predicted molar refractivity (Wildman–Crippen MR) is 57.3 cm³/mol. The minimum absolute atomic E-state index is 0.879. The van der Waals surface area contributed by atoms with E-state index in [9.17, 15) is 0 Å². The van der Waals surface area contributed by atoms with Crippen LogP contribution in [0.4, 0.5) is 0 Å². The van der Waals surface area contributed by atoms with Gasteiger partial charge in [-0.15, -0.1) is 0 Å². The molecule has 1 fully saturated rings. The summed E-state index contributed by atoms with van der Waals surface area (Å²) in [6, 6.07) is 0. The first-order valence-corrected chi connectivity index (χ1v) is 5.75. The first-order valence-electron chi connectivity index (χ1n) is 5.75. The molecular weight excluding hydrogens is 178 g/mol. The van der Waals surface area contributed by atoms with E-state index in [1.807, 2.05) is 0 Å². The molecule has 1 aliphatic rings. The van der Waals surface area contributed by atoms with Gasteiger partial charge in [0, 0.05) is 7.11 Å². The molecule has 1 rings (SSSR count). The van der Waals surface area contributed by atoms with Crippen LogP contribution in [0.2, 0.25) is 0 Å². The Balaban J connectivity index is 2.39. The molecule has 0 atom stereocenters. The molecule has 0 aromatic heterocycles. The van der Waals surface area contributed by atoms with Crippen LogP contribution in [0, 0.1) is 0 Å². The Morgan fingerprint density at radius 1 is 1.21 bits per heavy atom. The SMILES string of the molecule is CCCC[N+]1(CCOC)CCOCC1. The van der Waals surface area contributed by atoms with E-state index in [-0.39, 0.29) is 0 Å². The second-order valence-corrected chi connectivity index (χ2v) is 4.19. The van der Waals surface area contributed by atoms with Gasteiger partial charge in [0.2, 0.25) is 0 Å². The third-order valence-corrected chi connectivity index (χ3v) is 3.18. The summed E-state index contributed by atoms with van der Waals surface area (Å²) in [4.78, 5) is 0. The first-order chi connectivity index (χ1) is 6.83. The van der Waals surface area contributed by atoms with Gasteiger partial charge in [-0.3, -0.25) is 0 Å². The fourth-order valence-electron chi connectivity index (χ4n) is 2.07. The Kier molecular flexibility index (Phi) is 5.45. The molecule has 0 saturated carbocycles. The van der Waals surface area contributed by atoms with Gasteiger partial charge in [0.25, 0.3) is 0 Å². The molecule has 3 nitrogen and oxygen atoms in total. The number of quaternary nitrogens is 1. The van der Waals surface area contributed by atoms with Crippen LogP contribution in [-0.4, -0.2) is 57.6 Å². The molecule has 0 aromatic carbocycles. The standard InChI is InChI=1S/C11H24NO2/c1-3-4-5-12(6-9-13-2)7-10-14-11-8-12/h3-11H2,1-2H3/q+1. The normalized spacial score (nSPS) is 21.0. The van der Waals surface area contributed by atoms with Gasteiger partial charge >= 0.3 is 0 Å². The van der Waals surface area contributed by atoms with Crippen LogP contribution in [-0.2, 0) is 9.47 Å². The maximum Gasteiger partial charge on any atom is 0.103 e. The molecule has 0 aromatic rings. The minimum atomic E-state index is 0.879. The van der Waals surface area contributed by atoms with E-state index in [1.54, 1.807) is 7.11 Å². The van der Waals surface area contributed by atoms with Crippen LogP contribution in [0.1, 0.15) is 19.8 Å². The number of ether oxygens (including phenoxy) is 2. The van der Waals surface area contributed by atoms with Crippen LogP contribution < -0.4 is 0 Å². The third-order valence-electron chi connectivity index (χ3n) is 3.18. The molecule has 1 saturated heterocycles. The van der Waals surface area contributed by atoms with Gasteiger partial charge in [0.15, 0.2) is 0 Å². The average Bonchev–Trinajstić information content (AvgIpc) is 2.25. The second kappa shape index (κ2) is 6.38. The topological polar surface area (TPSA) is 18.5 Å². The Morgan fingerprint density at radius 2 is 1.93 bits per heavy atom. The summed E-state index contributed by atoms with van der Waals surface area (Å²) in [6.07, 6.45) is 2.61. The fraction of sp³-hybridized carbons (Fsp3) is 1.00. The third kappa shape index (κ3) is 3.56. The molecular formula is C11H24NO2+. The van der Waals surface area contributed by atoms with Gasteiger partial charge in [0.05, 0.1) is 26.4 Å². The van der Waals surface area contributed by atoms with E-state index >= 15 is 0 Å². The lowest BCUT2D eigenvalue weighted by atomic mass is 10.2. The van der Waals surface area contributed by atoms with Crippen molar-refractivity contribution >= 4 is 0 Å². The first kappa shape index (κ1) is 12.0. The number of methoxy groups -OCH3 is 1. The van der Waals surface area contributed by atoms with E-state index in [0.29, 0.717) is 0 Å². The maximum absolute atomic E-state index is 5.43. The number of hydrogen-bond acceptors (Lipinski definition) is 2. The number of unbranched alkanes of at least 4 members (excludes halogenated alkanes) is 1. The molecule has 84 valence electrons. The molecule has 14 heavy (non-hydrogen) atoms.